The van der Waals surface area contributed by atoms with Gasteiger partial charge in [-0.25, -0.2) is 13.2 Å². The van der Waals surface area contributed by atoms with Gasteiger partial charge in [-0.1, -0.05) is 48.0 Å². The molecule has 0 saturated carbocycles. The third-order valence-corrected chi connectivity index (χ3v) is 9.37. The summed E-state index contributed by atoms with van der Waals surface area (Å²) in [5.41, 5.74) is 2.66. The zero-order valence-electron chi connectivity index (χ0n) is 21.4. The predicted octanol–water partition coefficient (Wildman–Crippen LogP) is 4.61. The van der Waals surface area contributed by atoms with E-state index >= 15 is 0 Å². The van der Waals surface area contributed by atoms with Crippen molar-refractivity contribution in [2.45, 2.75) is 16.7 Å². The van der Waals surface area contributed by atoms with Crippen molar-refractivity contribution in [1.29, 1.82) is 0 Å². The summed E-state index contributed by atoms with van der Waals surface area (Å²) >= 11 is 0. The normalized spacial score (nSPS) is 13.7. The zero-order chi connectivity index (χ0) is 28.3. The molecule has 0 saturated heterocycles. The number of aryl methyl sites for hydroxylation is 1. The summed E-state index contributed by atoms with van der Waals surface area (Å²) in [6, 6.07) is 27.8. The summed E-state index contributed by atoms with van der Waals surface area (Å²) in [5, 5.41) is 2.97. The van der Waals surface area contributed by atoms with Crippen LogP contribution in [0.4, 0.5) is 11.4 Å². The van der Waals surface area contributed by atoms with Crippen molar-refractivity contribution in [3.05, 3.63) is 120 Å². The molecule has 1 aliphatic rings. The van der Waals surface area contributed by atoms with E-state index < -0.39 is 26.0 Å². The van der Waals surface area contributed by atoms with Crippen LogP contribution < -0.4 is 9.62 Å². The summed E-state index contributed by atoms with van der Waals surface area (Å²) in [7, 11) is -7.85. The van der Waals surface area contributed by atoms with Crippen molar-refractivity contribution in [3.8, 4) is 0 Å². The molecule has 4 aromatic rings. The Morgan fingerprint density at radius 1 is 0.875 bits per heavy atom. The van der Waals surface area contributed by atoms with E-state index in [0.717, 1.165) is 5.56 Å². The molecule has 0 fully saturated rings. The first-order chi connectivity index (χ1) is 19.1. The van der Waals surface area contributed by atoms with E-state index in [1.165, 1.54) is 34.6 Å². The van der Waals surface area contributed by atoms with Gasteiger partial charge in [0, 0.05) is 11.3 Å². The van der Waals surface area contributed by atoms with E-state index in [1.54, 1.807) is 72.8 Å². The Labute approximate surface area is 232 Å². The van der Waals surface area contributed by atoms with Crippen LogP contribution in [-0.4, -0.2) is 41.8 Å². The van der Waals surface area contributed by atoms with Gasteiger partial charge in [-0.15, -0.1) is 4.40 Å². The first-order valence-corrected chi connectivity index (χ1v) is 15.2. The number of hydrogen-bond donors (Lipinski definition) is 1. The van der Waals surface area contributed by atoms with Crippen molar-refractivity contribution in [2.24, 2.45) is 4.40 Å². The van der Waals surface area contributed by atoms with Gasteiger partial charge in [0.25, 0.3) is 20.0 Å². The second kappa shape index (κ2) is 10.9. The maximum atomic E-state index is 13.7. The molecular weight excluding hydrogens is 550 g/mol. The van der Waals surface area contributed by atoms with Crippen LogP contribution in [0.5, 0.6) is 0 Å². The molecule has 40 heavy (non-hydrogen) atoms. The number of nitrogens with zero attached hydrogens (tertiary/aromatic N) is 2. The van der Waals surface area contributed by atoms with Gasteiger partial charge in [0.1, 0.15) is 11.5 Å². The number of rotatable bonds is 8. The highest BCUT2D eigenvalue weighted by Crippen LogP contribution is 2.28. The number of ether oxygens (including phenoxy) is 1. The molecule has 0 spiro atoms. The Kier molecular flexibility index (Phi) is 7.42. The largest absolute Gasteiger partial charge is 0.460 e. The van der Waals surface area contributed by atoms with Crippen molar-refractivity contribution < 1.29 is 26.4 Å². The molecule has 9 nitrogen and oxygen atoms in total. The standard InChI is InChI=1S/C29H25N3O6S2/c1-21-11-15-24(16-12-21)32(19-20-38-29(33)22-7-3-2-4-8-22)40(36,37)25-17-13-23(14-18-25)30-28-26-9-5-6-10-27(26)39(34,35)31-28/h2-18H,19-20H2,1H3,(H,30,31). The third kappa shape index (κ3) is 5.61. The number of hydrogen-bond acceptors (Lipinski definition) is 7. The number of nitrogens with one attached hydrogen (secondary N) is 1. The SMILES string of the molecule is Cc1ccc(N(CCOC(=O)c2ccccc2)S(=O)(=O)c2ccc(NC3=NS(=O)(=O)c4ccccc43)cc2)cc1. The van der Waals surface area contributed by atoms with Crippen LogP contribution in [-0.2, 0) is 24.8 Å². The number of anilines is 2. The highest BCUT2D eigenvalue weighted by Gasteiger charge is 2.29. The lowest BCUT2D eigenvalue weighted by Gasteiger charge is -2.24. The van der Waals surface area contributed by atoms with E-state index in [-0.39, 0.29) is 28.8 Å². The average molecular weight is 576 g/mol. The zero-order valence-corrected chi connectivity index (χ0v) is 23.0. The Morgan fingerprint density at radius 3 is 2.23 bits per heavy atom. The fourth-order valence-corrected chi connectivity index (χ4v) is 6.77. The summed E-state index contributed by atoms with van der Waals surface area (Å²) < 4.78 is 62.5. The maximum absolute atomic E-state index is 13.7. The molecule has 0 bridgehead atoms. The number of benzene rings is 4. The number of esters is 1. The van der Waals surface area contributed by atoms with Crippen LogP contribution in [0.15, 0.2) is 117 Å². The lowest BCUT2D eigenvalue weighted by molar-refractivity contribution is 0.0517. The molecule has 0 unspecified atom stereocenters. The van der Waals surface area contributed by atoms with Crippen LogP contribution in [0.1, 0.15) is 21.5 Å². The van der Waals surface area contributed by atoms with Crippen LogP contribution >= 0.6 is 0 Å². The summed E-state index contributed by atoms with van der Waals surface area (Å²) in [4.78, 5) is 12.5. The van der Waals surface area contributed by atoms with Gasteiger partial charge in [0.15, 0.2) is 5.84 Å². The molecule has 1 heterocycles. The Morgan fingerprint density at radius 2 is 1.52 bits per heavy atom. The fraction of sp³-hybridized carbons (Fsp3) is 0.103. The predicted molar refractivity (Wildman–Crippen MR) is 153 cm³/mol. The lowest BCUT2D eigenvalue weighted by Crippen LogP contribution is -2.34. The Hall–Kier alpha value is -4.48. The quantitative estimate of drug-likeness (QED) is 0.305. The summed E-state index contributed by atoms with van der Waals surface area (Å²) in [6.45, 7) is 1.64. The van der Waals surface area contributed by atoms with Crippen molar-refractivity contribution in [2.75, 3.05) is 22.8 Å². The van der Waals surface area contributed by atoms with Crippen LogP contribution in [0.2, 0.25) is 0 Å². The van der Waals surface area contributed by atoms with Gasteiger partial charge in [-0.3, -0.25) is 4.31 Å². The highest BCUT2D eigenvalue weighted by atomic mass is 32.2. The molecule has 0 aliphatic carbocycles. The molecule has 5 rings (SSSR count). The van der Waals surface area contributed by atoms with Crippen molar-refractivity contribution in [3.63, 3.8) is 0 Å². The smallest absolute Gasteiger partial charge is 0.338 e. The summed E-state index contributed by atoms with van der Waals surface area (Å²) in [6.07, 6.45) is 0. The first kappa shape index (κ1) is 27.1. The lowest BCUT2D eigenvalue weighted by atomic mass is 10.2. The van der Waals surface area contributed by atoms with Gasteiger partial charge in [-0.2, -0.15) is 8.42 Å². The number of sulfonamides is 2. The molecule has 1 aliphatic heterocycles. The molecule has 0 amide bonds. The minimum atomic E-state index is -4.05. The maximum Gasteiger partial charge on any atom is 0.338 e. The molecular formula is C29H25N3O6S2. The van der Waals surface area contributed by atoms with Crippen molar-refractivity contribution >= 4 is 43.2 Å². The summed E-state index contributed by atoms with van der Waals surface area (Å²) in [5.74, 6) is -0.386. The minimum absolute atomic E-state index is 0.00870. The first-order valence-electron chi connectivity index (χ1n) is 12.3. The molecule has 4 aromatic carbocycles. The van der Waals surface area contributed by atoms with Gasteiger partial charge >= 0.3 is 5.97 Å². The number of amidine groups is 1. The van der Waals surface area contributed by atoms with Gasteiger partial charge in [-0.05, 0) is 67.6 Å². The number of carbonyl (C=O) groups excluding carboxylic acids is 1. The third-order valence-electron chi connectivity index (χ3n) is 6.20. The molecule has 0 aromatic heterocycles. The van der Waals surface area contributed by atoms with Crippen LogP contribution in [0.3, 0.4) is 0 Å². The van der Waals surface area contributed by atoms with Gasteiger partial charge < -0.3 is 10.1 Å². The van der Waals surface area contributed by atoms with Crippen LogP contribution in [0, 0.1) is 6.92 Å². The molecule has 11 heteroatoms. The minimum Gasteiger partial charge on any atom is -0.460 e. The topological polar surface area (TPSA) is 122 Å². The van der Waals surface area contributed by atoms with Crippen LogP contribution in [0.25, 0.3) is 0 Å². The second-order valence-electron chi connectivity index (χ2n) is 8.98. The second-order valence-corrected chi connectivity index (χ2v) is 12.4. The van der Waals surface area contributed by atoms with E-state index in [1.807, 2.05) is 6.92 Å². The van der Waals surface area contributed by atoms with E-state index in [2.05, 4.69) is 9.71 Å². The number of fused-ring (bicyclic) bond motifs is 1. The van der Waals surface area contributed by atoms with E-state index in [0.29, 0.717) is 22.5 Å². The fourth-order valence-electron chi connectivity index (χ4n) is 4.15. The Bertz CT molecular complexity index is 1790. The molecule has 1 N–H and O–H groups in total. The van der Waals surface area contributed by atoms with Gasteiger partial charge in [0.2, 0.25) is 0 Å². The average Bonchev–Trinajstić information content (AvgIpc) is 3.21. The molecule has 0 atom stereocenters. The van der Waals surface area contributed by atoms with E-state index in [4.69, 9.17) is 4.74 Å². The van der Waals surface area contributed by atoms with Crippen molar-refractivity contribution in [1.82, 2.24) is 0 Å². The Balaban J connectivity index is 1.36. The van der Waals surface area contributed by atoms with E-state index in [9.17, 15) is 21.6 Å². The number of carbonyl (C=O) groups is 1. The highest BCUT2D eigenvalue weighted by molar-refractivity contribution is 7.92. The molecule has 0 radical (unpaired) electrons. The monoisotopic (exact) mass is 575 g/mol. The molecule has 204 valence electrons. The van der Waals surface area contributed by atoms with Gasteiger partial charge in [0.05, 0.1) is 22.7 Å².